The first-order valence-corrected chi connectivity index (χ1v) is 5.63. The summed E-state index contributed by atoms with van der Waals surface area (Å²) in [4.78, 5) is 0. The lowest BCUT2D eigenvalue weighted by molar-refractivity contribution is 0.0365. The fraction of sp³-hybridized carbons (Fsp3) is 1.00. The molecule has 4 aliphatic carbocycles. The molecule has 4 fully saturated rings. The number of aliphatic hydroxyl groups is 2. The van der Waals surface area contributed by atoms with Gasteiger partial charge in [0.05, 0.1) is 12.2 Å². The van der Waals surface area contributed by atoms with Crippen molar-refractivity contribution in [1.82, 2.24) is 0 Å². The monoisotopic (exact) mass is 180 g/mol. The Bertz CT molecular complexity index is 235. The van der Waals surface area contributed by atoms with E-state index in [0.717, 1.165) is 36.5 Å². The van der Waals surface area contributed by atoms with Gasteiger partial charge in [0.15, 0.2) is 0 Å². The van der Waals surface area contributed by atoms with Crippen molar-refractivity contribution in [2.45, 2.75) is 31.5 Å². The van der Waals surface area contributed by atoms with Gasteiger partial charge in [0, 0.05) is 0 Å². The third-order valence-corrected chi connectivity index (χ3v) is 5.54. The zero-order valence-electron chi connectivity index (χ0n) is 7.63. The van der Waals surface area contributed by atoms with Gasteiger partial charge in [0.25, 0.3) is 0 Å². The SMILES string of the molecule is O[C@@H]1C[C@@H]2[C@@H]3C[C@H](O)[C@H]4[C@H]3C[C@H]2[C@@H]41. The van der Waals surface area contributed by atoms with Crippen LogP contribution < -0.4 is 0 Å². The molecule has 0 aromatic heterocycles. The fourth-order valence-corrected chi connectivity index (χ4v) is 5.41. The van der Waals surface area contributed by atoms with Gasteiger partial charge in [0.2, 0.25) is 0 Å². The smallest absolute Gasteiger partial charge is 0.0577 e. The third-order valence-electron chi connectivity index (χ3n) is 5.54. The summed E-state index contributed by atoms with van der Waals surface area (Å²) in [6.07, 6.45) is 3.24. The first-order chi connectivity index (χ1) is 6.27. The Labute approximate surface area is 78.0 Å². The van der Waals surface area contributed by atoms with Crippen LogP contribution in [0.1, 0.15) is 19.3 Å². The number of rotatable bonds is 0. The Morgan fingerprint density at radius 3 is 1.54 bits per heavy atom. The van der Waals surface area contributed by atoms with Crippen LogP contribution in [0.4, 0.5) is 0 Å². The van der Waals surface area contributed by atoms with Crippen molar-refractivity contribution in [3.05, 3.63) is 0 Å². The summed E-state index contributed by atoms with van der Waals surface area (Å²) in [6.45, 7) is 0. The van der Waals surface area contributed by atoms with E-state index in [1.807, 2.05) is 0 Å². The fourth-order valence-electron chi connectivity index (χ4n) is 5.41. The van der Waals surface area contributed by atoms with Crippen molar-refractivity contribution >= 4 is 0 Å². The molecule has 2 nitrogen and oxygen atoms in total. The summed E-state index contributed by atoms with van der Waals surface area (Å²) in [7, 11) is 0. The predicted molar refractivity (Wildman–Crippen MR) is 46.8 cm³/mol. The number of aliphatic hydroxyl groups excluding tert-OH is 2. The van der Waals surface area contributed by atoms with Crippen LogP contribution in [-0.4, -0.2) is 22.4 Å². The Kier molecular flexibility index (Phi) is 1.09. The molecule has 4 saturated carbocycles. The Morgan fingerprint density at radius 1 is 0.615 bits per heavy atom. The molecule has 13 heavy (non-hydrogen) atoms. The molecule has 8 atom stereocenters. The molecule has 72 valence electrons. The summed E-state index contributed by atoms with van der Waals surface area (Å²) in [6, 6.07) is 0. The van der Waals surface area contributed by atoms with Gasteiger partial charge in [-0.2, -0.15) is 0 Å². The van der Waals surface area contributed by atoms with Gasteiger partial charge in [-0.15, -0.1) is 0 Å². The average Bonchev–Trinajstić information content (AvgIpc) is 2.67. The maximum atomic E-state index is 9.93. The summed E-state index contributed by atoms with van der Waals surface area (Å²) in [5.41, 5.74) is 0. The van der Waals surface area contributed by atoms with E-state index in [1.54, 1.807) is 0 Å². The number of hydrogen-bond donors (Lipinski definition) is 2. The van der Waals surface area contributed by atoms with Gasteiger partial charge < -0.3 is 10.2 Å². The minimum atomic E-state index is -0.0788. The van der Waals surface area contributed by atoms with Crippen molar-refractivity contribution in [2.24, 2.45) is 35.5 Å². The molecular weight excluding hydrogens is 164 g/mol. The van der Waals surface area contributed by atoms with E-state index >= 15 is 0 Å². The zero-order chi connectivity index (χ0) is 8.74. The van der Waals surface area contributed by atoms with Gasteiger partial charge in [-0.25, -0.2) is 0 Å². The van der Waals surface area contributed by atoms with E-state index in [2.05, 4.69) is 0 Å². The molecule has 0 heterocycles. The Morgan fingerprint density at radius 2 is 1.08 bits per heavy atom. The molecule has 0 spiro atoms. The highest BCUT2D eigenvalue weighted by atomic mass is 16.3. The standard InChI is InChI=1S/C11H16O2/c12-8-2-4-5-3-9(13)11-7(5)1-6(4)10(8)11/h4-13H,1-3H2/t4-,5+,6-,7+,8-,9+,10-,11-/m1/s1. The van der Waals surface area contributed by atoms with Crippen LogP contribution in [0.2, 0.25) is 0 Å². The lowest BCUT2D eigenvalue weighted by Crippen LogP contribution is -2.30. The van der Waals surface area contributed by atoms with E-state index < -0.39 is 0 Å². The molecule has 0 unspecified atom stereocenters. The van der Waals surface area contributed by atoms with E-state index in [0.29, 0.717) is 11.8 Å². The van der Waals surface area contributed by atoms with Gasteiger partial charge in [0.1, 0.15) is 0 Å². The molecule has 0 aromatic carbocycles. The number of fused-ring (bicyclic) bond motifs is 2. The van der Waals surface area contributed by atoms with Crippen molar-refractivity contribution in [3.63, 3.8) is 0 Å². The van der Waals surface area contributed by atoms with Gasteiger partial charge in [-0.05, 0) is 54.8 Å². The minimum absolute atomic E-state index is 0.0788. The second-order valence-corrected chi connectivity index (χ2v) is 5.65. The van der Waals surface area contributed by atoms with Crippen molar-refractivity contribution in [3.8, 4) is 0 Å². The van der Waals surface area contributed by atoms with Crippen LogP contribution in [0.3, 0.4) is 0 Å². The molecule has 4 aliphatic rings. The molecule has 2 N–H and O–H groups in total. The first kappa shape index (κ1) is 7.24. The molecule has 4 rings (SSSR count). The Balaban J connectivity index is 1.86. The van der Waals surface area contributed by atoms with Gasteiger partial charge in [-0.1, -0.05) is 0 Å². The maximum absolute atomic E-state index is 9.93. The normalized spacial score (nSPS) is 72.5. The van der Waals surface area contributed by atoms with Crippen LogP contribution in [0.15, 0.2) is 0 Å². The third kappa shape index (κ3) is 0.608. The lowest BCUT2D eigenvalue weighted by atomic mass is 9.79. The first-order valence-electron chi connectivity index (χ1n) is 5.63. The van der Waals surface area contributed by atoms with Crippen molar-refractivity contribution in [2.75, 3.05) is 0 Å². The van der Waals surface area contributed by atoms with Crippen molar-refractivity contribution < 1.29 is 10.2 Å². The predicted octanol–water partition coefficient (Wildman–Crippen LogP) is 0.630. The van der Waals surface area contributed by atoms with E-state index in [4.69, 9.17) is 0 Å². The molecule has 0 aliphatic heterocycles. The summed E-state index contributed by atoms with van der Waals surface area (Å²) in [5.74, 6) is 4.07. The zero-order valence-corrected chi connectivity index (χ0v) is 7.63. The lowest BCUT2D eigenvalue weighted by Gasteiger charge is -2.27. The van der Waals surface area contributed by atoms with Crippen LogP contribution in [0, 0.1) is 35.5 Å². The largest absolute Gasteiger partial charge is 0.393 e. The summed E-state index contributed by atoms with van der Waals surface area (Å²) >= 11 is 0. The number of hydrogen-bond acceptors (Lipinski definition) is 2. The van der Waals surface area contributed by atoms with Gasteiger partial charge in [-0.3, -0.25) is 0 Å². The molecule has 0 amide bonds. The average molecular weight is 180 g/mol. The van der Waals surface area contributed by atoms with E-state index in [-0.39, 0.29) is 12.2 Å². The highest BCUT2D eigenvalue weighted by molar-refractivity contribution is 5.17. The molecular formula is C11H16O2. The van der Waals surface area contributed by atoms with Gasteiger partial charge >= 0.3 is 0 Å². The van der Waals surface area contributed by atoms with E-state index in [1.165, 1.54) is 6.42 Å². The quantitative estimate of drug-likeness (QED) is 0.574. The van der Waals surface area contributed by atoms with Crippen LogP contribution >= 0.6 is 0 Å². The van der Waals surface area contributed by atoms with Crippen molar-refractivity contribution in [1.29, 1.82) is 0 Å². The molecule has 2 bridgehead atoms. The maximum Gasteiger partial charge on any atom is 0.0577 e. The highest BCUT2D eigenvalue weighted by Gasteiger charge is 2.68. The Hall–Kier alpha value is -0.0800. The molecule has 0 aromatic rings. The summed E-state index contributed by atoms with van der Waals surface area (Å²) < 4.78 is 0. The van der Waals surface area contributed by atoms with E-state index in [9.17, 15) is 10.2 Å². The topological polar surface area (TPSA) is 40.5 Å². The van der Waals surface area contributed by atoms with Crippen LogP contribution in [0.25, 0.3) is 0 Å². The minimum Gasteiger partial charge on any atom is -0.393 e. The molecule has 0 radical (unpaired) electrons. The highest BCUT2D eigenvalue weighted by Crippen LogP contribution is 2.70. The summed E-state index contributed by atoms with van der Waals surface area (Å²) in [5, 5.41) is 19.9. The second-order valence-electron chi connectivity index (χ2n) is 5.65. The molecule has 0 saturated heterocycles. The van der Waals surface area contributed by atoms with Crippen LogP contribution in [0.5, 0.6) is 0 Å². The second kappa shape index (κ2) is 1.96. The van der Waals surface area contributed by atoms with Crippen LogP contribution in [-0.2, 0) is 0 Å². The molecule has 2 heteroatoms.